The number of amides is 1. The molecule has 1 aromatic heterocycles. The molecule has 0 radical (unpaired) electrons. The molecule has 4 aromatic rings. The van der Waals surface area contributed by atoms with E-state index in [0.717, 1.165) is 33.3 Å². The number of aryl methyl sites for hydroxylation is 1. The first-order valence-corrected chi connectivity index (χ1v) is 13.3. The number of esters is 1. The molecule has 0 spiro atoms. The molecule has 204 valence electrons. The molecule has 0 aliphatic rings. The molecule has 3 aromatic carbocycles. The van der Waals surface area contributed by atoms with Crippen molar-refractivity contribution in [3.8, 4) is 5.75 Å². The van der Waals surface area contributed by atoms with Crippen LogP contribution >= 0.6 is 11.6 Å². The molecule has 0 atom stereocenters. The molecule has 1 N–H and O–H groups in total. The number of methoxy groups -OCH3 is 1. The van der Waals surface area contributed by atoms with E-state index in [2.05, 4.69) is 61.4 Å². The SMILES string of the molecule is COC(=O)COc1cc(Cn2c(C)c(C)c3cc(C(=O)NCc4cccc(C(C)(C)C)c4)ccc32)ccc1Cl. The van der Waals surface area contributed by atoms with Crippen molar-refractivity contribution >= 4 is 34.4 Å². The molecule has 0 saturated heterocycles. The van der Waals surface area contributed by atoms with Gasteiger partial charge in [0, 0.05) is 35.2 Å². The van der Waals surface area contributed by atoms with Gasteiger partial charge in [-0.25, -0.2) is 4.79 Å². The van der Waals surface area contributed by atoms with E-state index < -0.39 is 5.97 Å². The summed E-state index contributed by atoms with van der Waals surface area (Å²) >= 11 is 6.27. The number of nitrogens with one attached hydrogen (secondary N) is 1. The number of fused-ring (bicyclic) bond motifs is 1. The summed E-state index contributed by atoms with van der Waals surface area (Å²) in [4.78, 5) is 24.5. The van der Waals surface area contributed by atoms with Crippen molar-refractivity contribution in [2.75, 3.05) is 13.7 Å². The molecule has 0 bridgehead atoms. The Morgan fingerprint density at radius 2 is 1.74 bits per heavy atom. The largest absolute Gasteiger partial charge is 0.480 e. The summed E-state index contributed by atoms with van der Waals surface area (Å²) in [5, 5.41) is 4.53. The molecule has 6 nitrogen and oxygen atoms in total. The Hall–Kier alpha value is -3.77. The number of hydrogen-bond acceptors (Lipinski definition) is 4. The highest BCUT2D eigenvalue weighted by Gasteiger charge is 2.17. The third-order valence-electron chi connectivity index (χ3n) is 7.06. The lowest BCUT2D eigenvalue weighted by atomic mass is 9.86. The highest BCUT2D eigenvalue weighted by Crippen LogP contribution is 2.30. The van der Waals surface area contributed by atoms with Gasteiger partial charge in [-0.05, 0) is 71.8 Å². The van der Waals surface area contributed by atoms with Crippen LogP contribution < -0.4 is 10.1 Å². The molecule has 1 heterocycles. The van der Waals surface area contributed by atoms with Crippen molar-refractivity contribution < 1.29 is 19.1 Å². The van der Waals surface area contributed by atoms with Crippen LogP contribution in [0.2, 0.25) is 5.02 Å². The standard InChI is InChI=1S/C32H35ClN2O4/c1-20-21(2)35(18-23-10-12-27(33)29(15-23)39-19-30(36)38-6)28-13-11-24(16-26(20)28)31(37)34-17-22-8-7-9-25(14-22)32(3,4)5/h7-16H,17-19H2,1-6H3,(H,34,37). The molecule has 1 amide bonds. The number of halogens is 1. The van der Waals surface area contributed by atoms with Crippen LogP contribution in [0.4, 0.5) is 0 Å². The van der Waals surface area contributed by atoms with Gasteiger partial charge in [-0.2, -0.15) is 0 Å². The minimum absolute atomic E-state index is 0.0528. The van der Waals surface area contributed by atoms with E-state index >= 15 is 0 Å². The maximum Gasteiger partial charge on any atom is 0.343 e. The van der Waals surface area contributed by atoms with E-state index in [-0.39, 0.29) is 17.9 Å². The zero-order chi connectivity index (χ0) is 28.3. The lowest BCUT2D eigenvalue weighted by molar-refractivity contribution is -0.142. The first-order valence-electron chi connectivity index (χ1n) is 12.9. The Morgan fingerprint density at radius 1 is 0.974 bits per heavy atom. The van der Waals surface area contributed by atoms with E-state index in [1.807, 2.05) is 42.5 Å². The zero-order valence-electron chi connectivity index (χ0n) is 23.4. The van der Waals surface area contributed by atoms with Crippen molar-refractivity contribution in [1.82, 2.24) is 9.88 Å². The van der Waals surface area contributed by atoms with Crippen molar-refractivity contribution in [3.63, 3.8) is 0 Å². The van der Waals surface area contributed by atoms with Crippen LogP contribution in [-0.2, 0) is 28.0 Å². The van der Waals surface area contributed by atoms with Gasteiger partial charge in [0.2, 0.25) is 0 Å². The van der Waals surface area contributed by atoms with Crippen LogP contribution in [0.25, 0.3) is 10.9 Å². The summed E-state index contributed by atoms with van der Waals surface area (Å²) in [5.74, 6) is -0.150. The Bertz CT molecular complexity index is 1530. The van der Waals surface area contributed by atoms with Gasteiger partial charge < -0.3 is 19.4 Å². The maximum atomic E-state index is 13.1. The third kappa shape index (κ3) is 6.45. The van der Waals surface area contributed by atoms with Crippen LogP contribution in [-0.4, -0.2) is 30.2 Å². The monoisotopic (exact) mass is 546 g/mol. The third-order valence-corrected chi connectivity index (χ3v) is 7.37. The molecule has 4 rings (SSSR count). The average molecular weight is 547 g/mol. The van der Waals surface area contributed by atoms with Gasteiger partial charge in [-0.3, -0.25) is 4.79 Å². The van der Waals surface area contributed by atoms with Crippen molar-refractivity contribution in [2.24, 2.45) is 0 Å². The molecular weight excluding hydrogens is 512 g/mol. The van der Waals surface area contributed by atoms with Crippen molar-refractivity contribution in [1.29, 1.82) is 0 Å². The van der Waals surface area contributed by atoms with Gasteiger partial charge in [0.1, 0.15) is 5.75 Å². The molecule has 0 aliphatic carbocycles. The highest BCUT2D eigenvalue weighted by molar-refractivity contribution is 6.32. The summed E-state index contributed by atoms with van der Waals surface area (Å²) in [6.07, 6.45) is 0. The van der Waals surface area contributed by atoms with Gasteiger partial charge in [0.15, 0.2) is 6.61 Å². The van der Waals surface area contributed by atoms with Gasteiger partial charge in [0.25, 0.3) is 5.91 Å². The fraction of sp³-hybridized carbons (Fsp3) is 0.312. The second-order valence-electron chi connectivity index (χ2n) is 10.8. The lowest BCUT2D eigenvalue weighted by Crippen LogP contribution is -2.23. The summed E-state index contributed by atoms with van der Waals surface area (Å²) < 4.78 is 12.4. The normalized spacial score (nSPS) is 11.5. The second kappa shape index (κ2) is 11.5. The predicted molar refractivity (Wildman–Crippen MR) is 156 cm³/mol. The predicted octanol–water partition coefficient (Wildman–Crippen LogP) is 6.74. The van der Waals surface area contributed by atoms with Gasteiger partial charge in [0.05, 0.1) is 12.1 Å². The Morgan fingerprint density at radius 3 is 2.46 bits per heavy atom. The fourth-order valence-electron chi connectivity index (χ4n) is 4.56. The minimum Gasteiger partial charge on any atom is -0.480 e. The molecule has 0 saturated carbocycles. The lowest BCUT2D eigenvalue weighted by Gasteiger charge is -2.19. The van der Waals surface area contributed by atoms with Crippen molar-refractivity contribution in [3.05, 3.63) is 99.2 Å². The molecule has 0 unspecified atom stereocenters. The summed E-state index contributed by atoms with van der Waals surface area (Å²) in [6.45, 7) is 11.5. The molecule has 0 aliphatic heterocycles. The van der Waals surface area contributed by atoms with Crippen molar-refractivity contribution in [2.45, 2.75) is 53.1 Å². The summed E-state index contributed by atoms with van der Waals surface area (Å²) in [5.41, 5.74) is 7.22. The summed E-state index contributed by atoms with van der Waals surface area (Å²) in [6, 6.07) is 19.7. The molecule has 7 heteroatoms. The van der Waals surface area contributed by atoms with E-state index in [9.17, 15) is 9.59 Å². The van der Waals surface area contributed by atoms with E-state index in [1.165, 1.54) is 12.7 Å². The second-order valence-corrected chi connectivity index (χ2v) is 11.2. The highest BCUT2D eigenvalue weighted by atomic mass is 35.5. The quantitative estimate of drug-likeness (QED) is 0.248. The summed E-state index contributed by atoms with van der Waals surface area (Å²) in [7, 11) is 1.31. The first kappa shape index (κ1) is 28.2. The number of aromatic nitrogens is 1. The van der Waals surface area contributed by atoms with Gasteiger partial charge >= 0.3 is 5.97 Å². The Balaban J connectivity index is 1.53. The number of carbonyl (C=O) groups excluding carboxylic acids is 2. The maximum absolute atomic E-state index is 13.1. The number of carbonyl (C=O) groups is 2. The zero-order valence-corrected chi connectivity index (χ0v) is 24.1. The van der Waals surface area contributed by atoms with Gasteiger partial charge in [-0.1, -0.05) is 62.7 Å². The fourth-order valence-corrected chi connectivity index (χ4v) is 4.73. The van der Waals surface area contributed by atoms with Gasteiger partial charge in [-0.15, -0.1) is 0 Å². The molecule has 39 heavy (non-hydrogen) atoms. The number of nitrogens with zero attached hydrogens (tertiary/aromatic N) is 1. The van der Waals surface area contributed by atoms with Crippen LogP contribution in [0.5, 0.6) is 5.75 Å². The topological polar surface area (TPSA) is 69.6 Å². The Kier molecular flexibility index (Phi) is 8.36. The number of ether oxygens (including phenoxy) is 2. The van der Waals surface area contributed by atoms with E-state index in [4.69, 9.17) is 16.3 Å². The molecule has 0 fully saturated rings. The Labute approximate surface area is 234 Å². The van der Waals surface area contributed by atoms with E-state index in [0.29, 0.717) is 29.4 Å². The average Bonchev–Trinajstić information content (AvgIpc) is 3.15. The number of rotatable bonds is 8. The number of hydrogen-bond donors (Lipinski definition) is 1. The van der Waals surface area contributed by atoms with Crippen LogP contribution in [0.1, 0.15) is 59.1 Å². The van der Waals surface area contributed by atoms with E-state index in [1.54, 1.807) is 6.07 Å². The minimum atomic E-state index is -0.474. The van der Waals surface area contributed by atoms with Crippen LogP contribution in [0.3, 0.4) is 0 Å². The van der Waals surface area contributed by atoms with Crippen LogP contribution in [0, 0.1) is 13.8 Å². The number of benzene rings is 3. The molecular formula is C32H35ClN2O4. The smallest absolute Gasteiger partial charge is 0.343 e. The van der Waals surface area contributed by atoms with Crippen LogP contribution in [0.15, 0.2) is 60.7 Å². The first-order chi connectivity index (χ1) is 18.5.